The molecule has 16 heavy (non-hydrogen) atoms. The molecular weight excluding hydrogens is 218 g/mol. The number of hydrogen-bond acceptors (Lipinski definition) is 2. The summed E-state index contributed by atoms with van der Waals surface area (Å²) in [4.78, 5) is 2.39. The van der Waals surface area contributed by atoms with Crippen LogP contribution in [0.2, 0.25) is 0 Å². The number of nitrogens with one attached hydrogen (secondary N) is 2. The van der Waals surface area contributed by atoms with Crippen molar-refractivity contribution >= 4 is 17.3 Å². The molecule has 0 radical (unpaired) electrons. The molecule has 0 aromatic rings. The van der Waals surface area contributed by atoms with Crippen molar-refractivity contribution in [2.45, 2.75) is 38.1 Å². The molecule has 1 aliphatic carbocycles. The molecule has 0 bridgehead atoms. The van der Waals surface area contributed by atoms with Crippen LogP contribution in [0.3, 0.4) is 0 Å². The summed E-state index contributed by atoms with van der Waals surface area (Å²) < 4.78 is 0. The molecule has 1 unspecified atom stereocenters. The summed E-state index contributed by atoms with van der Waals surface area (Å²) in [5.74, 6) is 0.772. The van der Waals surface area contributed by atoms with Crippen LogP contribution in [0.25, 0.3) is 0 Å². The SMILES string of the molecule is CN1CCC(CNC(=S)NC2CCCC2)C1. The van der Waals surface area contributed by atoms with Gasteiger partial charge in [0, 0.05) is 19.1 Å². The van der Waals surface area contributed by atoms with Crippen LogP contribution in [0.5, 0.6) is 0 Å². The zero-order valence-corrected chi connectivity index (χ0v) is 11.0. The van der Waals surface area contributed by atoms with Crippen molar-refractivity contribution in [2.24, 2.45) is 5.92 Å². The molecule has 1 heterocycles. The van der Waals surface area contributed by atoms with E-state index in [0.717, 1.165) is 17.6 Å². The monoisotopic (exact) mass is 241 g/mol. The first-order chi connectivity index (χ1) is 7.74. The fourth-order valence-corrected chi connectivity index (χ4v) is 2.99. The Morgan fingerprint density at radius 1 is 1.31 bits per heavy atom. The maximum atomic E-state index is 5.32. The summed E-state index contributed by atoms with van der Waals surface area (Å²) in [7, 11) is 2.19. The number of hydrogen-bond donors (Lipinski definition) is 2. The molecule has 0 spiro atoms. The third kappa shape index (κ3) is 3.59. The molecule has 2 aliphatic rings. The van der Waals surface area contributed by atoms with Gasteiger partial charge in [0.2, 0.25) is 0 Å². The largest absolute Gasteiger partial charge is 0.362 e. The standard InChI is InChI=1S/C12H23N3S/c1-15-7-6-10(9-15)8-13-12(16)14-11-4-2-3-5-11/h10-11H,2-9H2,1H3,(H2,13,14,16). The quantitative estimate of drug-likeness (QED) is 0.729. The van der Waals surface area contributed by atoms with Crippen molar-refractivity contribution in [1.29, 1.82) is 0 Å². The number of nitrogens with zero attached hydrogens (tertiary/aromatic N) is 1. The summed E-state index contributed by atoms with van der Waals surface area (Å²) in [6.07, 6.45) is 6.58. The van der Waals surface area contributed by atoms with Gasteiger partial charge in [-0.3, -0.25) is 0 Å². The molecule has 1 saturated heterocycles. The normalized spacial score (nSPS) is 27.2. The van der Waals surface area contributed by atoms with Gasteiger partial charge in [-0.15, -0.1) is 0 Å². The van der Waals surface area contributed by atoms with E-state index >= 15 is 0 Å². The molecule has 2 rings (SSSR count). The second-order valence-electron chi connectivity index (χ2n) is 5.25. The third-order valence-electron chi connectivity index (χ3n) is 3.73. The van der Waals surface area contributed by atoms with E-state index in [1.165, 1.54) is 45.2 Å². The van der Waals surface area contributed by atoms with E-state index in [2.05, 4.69) is 22.6 Å². The van der Waals surface area contributed by atoms with Gasteiger partial charge >= 0.3 is 0 Å². The van der Waals surface area contributed by atoms with Gasteiger partial charge in [0.15, 0.2) is 5.11 Å². The summed E-state index contributed by atoms with van der Waals surface area (Å²) in [5, 5.41) is 7.65. The fourth-order valence-electron chi connectivity index (χ4n) is 2.74. The van der Waals surface area contributed by atoms with Gasteiger partial charge in [0.1, 0.15) is 0 Å². The molecule has 3 nitrogen and oxygen atoms in total. The van der Waals surface area contributed by atoms with Crippen LogP contribution in [0, 0.1) is 5.92 Å². The first-order valence-corrected chi connectivity index (χ1v) is 6.88. The first kappa shape index (κ1) is 12.1. The smallest absolute Gasteiger partial charge is 0.166 e. The van der Waals surface area contributed by atoms with Crippen molar-refractivity contribution in [2.75, 3.05) is 26.7 Å². The molecule has 2 fully saturated rings. The lowest BCUT2D eigenvalue weighted by Gasteiger charge is -2.17. The van der Waals surface area contributed by atoms with Crippen LogP contribution in [-0.4, -0.2) is 42.7 Å². The Kier molecular flexibility index (Phi) is 4.41. The van der Waals surface area contributed by atoms with Gasteiger partial charge in [-0.05, 0) is 51.0 Å². The Bertz CT molecular complexity index is 238. The van der Waals surface area contributed by atoms with Crippen LogP contribution < -0.4 is 10.6 Å². The number of thiocarbonyl (C=S) groups is 1. The van der Waals surface area contributed by atoms with E-state index in [0.29, 0.717) is 6.04 Å². The Balaban J connectivity index is 1.60. The maximum absolute atomic E-state index is 5.32. The van der Waals surface area contributed by atoms with Gasteiger partial charge in [-0.25, -0.2) is 0 Å². The molecule has 0 aromatic heterocycles. The van der Waals surface area contributed by atoms with Crippen molar-refractivity contribution in [3.8, 4) is 0 Å². The van der Waals surface area contributed by atoms with Gasteiger partial charge in [-0.1, -0.05) is 12.8 Å². The molecule has 1 saturated carbocycles. The minimum atomic E-state index is 0.631. The fraction of sp³-hybridized carbons (Fsp3) is 0.917. The van der Waals surface area contributed by atoms with Crippen molar-refractivity contribution in [3.63, 3.8) is 0 Å². The van der Waals surface area contributed by atoms with Crippen LogP contribution in [-0.2, 0) is 0 Å². The lowest BCUT2D eigenvalue weighted by atomic mass is 10.1. The van der Waals surface area contributed by atoms with Gasteiger partial charge in [-0.2, -0.15) is 0 Å². The van der Waals surface area contributed by atoms with E-state index in [-0.39, 0.29) is 0 Å². The predicted molar refractivity (Wildman–Crippen MR) is 71.6 cm³/mol. The molecular formula is C12H23N3S. The van der Waals surface area contributed by atoms with Crippen molar-refractivity contribution < 1.29 is 0 Å². The molecule has 4 heteroatoms. The highest BCUT2D eigenvalue weighted by Crippen LogP contribution is 2.17. The minimum Gasteiger partial charge on any atom is -0.362 e. The van der Waals surface area contributed by atoms with Gasteiger partial charge in [0.25, 0.3) is 0 Å². The average molecular weight is 241 g/mol. The highest BCUT2D eigenvalue weighted by atomic mass is 32.1. The van der Waals surface area contributed by atoms with Crippen molar-refractivity contribution in [3.05, 3.63) is 0 Å². The van der Waals surface area contributed by atoms with Gasteiger partial charge < -0.3 is 15.5 Å². The Morgan fingerprint density at radius 3 is 2.69 bits per heavy atom. The van der Waals surface area contributed by atoms with Crippen LogP contribution in [0.4, 0.5) is 0 Å². The lowest BCUT2D eigenvalue weighted by Crippen LogP contribution is -2.42. The van der Waals surface area contributed by atoms with E-state index < -0.39 is 0 Å². The molecule has 0 amide bonds. The van der Waals surface area contributed by atoms with E-state index in [1.807, 2.05) is 0 Å². The van der Waals surface area contributed by atoms with Crippen LogP contribution in [0.15, 0.2) is 0 Å². The maximum Gasteiger partial charge on any atom is 0.166 e. The van der Waals surface area contributed by atoms with Crippen LogP contribution in [0.1, 0.15) is 32.1 Å². The molecule has 0 aromatic carbocycles. The second-order valence-corrected chi connectivity index (χ2v) is 5.66. The van der Waals surface area contributed by atoms with E-state index in [1.54, 1.807) is 0 Å². The molecule has 92 valence electrons. The second kappa shape index (κ2) is 5.82. The highest BCUT2D eigenvalue weighted by molar-refractivity contribution is 7.80. The average Bonchev–Trinajstić information content (AvgIpc) is 2.87. The molecule has 1 atom stereocenters. The topological polar surface area (TPSA) is 27.3 Å². The summed E-state index contributed by atoms with van der Waals surface area (Å²) >= 11 is 5.32. The van der Waals surface area contributed by atoms with E-state index in [9.17, 15) is 0 Å². The zero-order valence-electron chi connectivity index (χ0n) is 10.2. The predicted octanol–water partition coefficient (Wildman–Crippen LogP) is 1.34. The molecule has 1 aliphatic heterocycles. The first-order valence-electron chi connectivity index (χ1n) is 6.47. The molecule has 2 N–H and O–H groups in total. The van der Waals surface area contributed by atoms with Gasteiger partial charge in [0.05, 0.1) is 0 Å². The summed E-state index contributed by atoms with van der Waals surface area (Å²) in [6, 6.07) is 0.631. The number of rotatable bonds is 3. The zero-order chi connectivity index (χ0) is 11.4. The number of likely N-dealkylation sites (tertiary alicyclic amines) is 1. The Hall–Kier alpha value is -0.350. The third-order valence-corrected chi connectivity index (χ3v) is 3.99. The van der Waals surface area contributed by atoms with E-state index in [4.69, 9.17) is 12.2 Å². The van der Waals surface area contributed by atoms with Crippen LogP contribution >= 0.6 is 12.2 Å². The van der Waals surface area contributed by atoms with Crippen molar-refractivity contribution in [1.82, 2.24) is 15.5 Å². The lowest BCUT2D eigenvalue weighted by molar-refractivity contribution is 0.394. The summed E-state index contributed by atoms with van der Waals surface area (Å²) in [6.45, 7) is 3.47. The Labute approximate surface area is 104 Å². The Morgan fingerprint density at radius 2 is 2.06 bits per heavy atom. The summed E-state index contributed by atoms with van der Waals surface area (Å²) in [5.41, 5.74) is 0. The minimum absolute atomic E-state index is 0.631. The highest BCUT2D eigenvalue weighted by Gasteiger charge is 2.20.